The van der Waals surface area contributed by atoms with Crippen LogP contribution in [0.1, 0.15) is 50.7 Å². The van der Waals surface area contributed by atoms with Crippen molar-refractivity contribution in [3.63, 3.8) is 0 Å². The third-order valence-corrected chi connectivity index (χ3v) is 8.43. The van der Waals surface area contributed by atoms with Crippen LogP contribution in [-0.4, -0.2) is 59.5 Å². The Balaban J connectivity index is 1.45. The normalized spacial score (nSPS) is 15.4. The van der Waals surface area contributed by atoms with Crippen LogP contribution in [0.2, 0.25) is 5.02 Å². The number of imidazole rings is 1. The van der Waals surface area contributed by atoms with Crippen molar-refractivity contribution in [1.29, 1.82) is 0 Å². The molecular weight excluding hydrogens is 608 g/mol. The zero-order valence-corrected chi connectivity index (χ0v) is 27.3. The van der Waals surface area contributed by atoms with Gasteiger partial charge < -0.3 is 15.0 Å². The van der Waals surface area contributed by atoms with Crippen molar-refractivity contribution in [3.05, 3.63) is 91.5 Å². The molecule has 4 heterocycles. The van der Waals surface area contributed by atoms with Crippen molar-refractivity contribution in [3.8, 4) is 0 Å². The summed E-state index contributed by atoms with van der Waals surface area (Å²) in [6, 6.07) is 14.8. The largest absolute Gasteiger partial charge is 0.444 e. The summed E-state index contributed by atoms with van der Waals surface area (Å²) < 4.78 is 9.85. The summed E-state index contributed by atoms with van der Waals surface area (Å²) in [6.07, 6.45) is 1.05. The molecule has 6 rings (SSSR count). The highest BCUT2D eigenvalue weighted by Crippen LogP contribution is 2.27. The predicted octanol–water partition coefficient (Wildman–Crippen LogP) is 4.39. The van der Waals surface area contributed by atoms with Crippen LogP contribution in [0, 0.1) is 6.92 Å². The SMILES string of the molecule is Cc1nc(Cn2c(=O)c3c(nc(N4CCCC(NC(=O)OC(C)(C)C)C4)n3Cc3ccccc3Cl)n(C)c2=O)nc2ccccc12. The van der Waals surface area contributed by atoms with Gasteiger partial charge in [-0.1, -0.05) is 48.0 Å². The van der Waals surface area contributed by atoms with E-state index in [4.69, 9.17) is 21.3 Å². The molecule has 1 atom stereocenters. The average molecular weight is 645 g/mol. The van der Waals surface area contributed by atoms with Crippen LogP contribution in [0.3, 0.4) is 0 Å². The van der Waals surface area contributed by atoms with Crippen LogP contribution in [0.5, 0.6) is 0 Å². The van der Waals surface area contributed by atoms with Gasteiger partial charge in [-0.15, -0.1) is 0 Å². The van der Waals surface area contributed by atoms with E-state index < -0.39 is 22.9 Å². The summed E-state index contributed by atoms with van der Waals surface area (Å²) in [5, 5.41) is 4.43. The van der Waals surface area contributed by atoms with Gasteiger partial charge in [0.1, 0.15) is 11.4 Å². The number of fused-ring (bicyclic) bond motifs is 2. The van der Waals surface area contributed by atoms with Crippen molar-refractivity contribution in [2.24, 2.45) is 7.05 Å². The summed E-state index contributed by atoms with van der Waals surface area (Å²) in [4.78, 5) is 56.7. The molecule has 2 aromatic carbocycles. The van der Waals surface area contributed by atoms with Gasteiger partial charge >= 0.3 is 11.8 Å². The number of piperidine rings is 1. The van der Waals surface area contributed by atoms with Gasteiger partial charge in [0.05, 0.1) is 18.6 Å². The van der Waals surface area contributed by atoms with Crippen LogP contribution in [-0.2, 0) is 24.9 Å². The maximum Gasteiger partial charge on any atom is 0.407 e. The van der Waals surface area contributed by atoms with E-state index in [-0.39, 0.29) is 30.3 Å². The number of hydrogen-bond acceptors (Lipinski definition) is 8. The van der Waals surface area contributed by atoms with Crippen molar-refractivity contribution in [2.45, 2.75) is 65.3 Å². The van der Waals surface area contributed by atoms with Gasteiger partial charge in [-0.25, -0.2) is 19.6 Å². The zero-order valence-electron chi connectivity index (χ0n) is 26.6. The maximum absolute atomic E-state index is 14.3. The number of ether oxygens (including phenoxy) is 1. The number of nitrogens with one attached hydrogen (secondary N) is 1. The summed E-state index contributed by atoms with van der Waals surface area (Å²) in [6.45, 7) is 8.56. The maximum atomic E-state index is 14.3. The van der Waals surface area contributed by atoms with Crippen molar-refractivity contribution in [1.82, 2.24) is 34.0 Å². The quantitative estimate of drug-likeness (QED) is 0.288. The second-order valence-corrected chi connectivity index (χ2v) is 13.1. The number of benzene rings is 2. The number of hydrogen-bond donors (Lipinski definition) is 1. The number of carbonyl (C=O) groups excluding carboxylic acids is 1. The first kappa shape index (κ1) is 31.3. The lowest BCUT2D eigenvalue weighted by molar-refractivity contribution is 0.0499. The summed E-state index contributed by atoms with van der Waals surface area (Å²) in [7, 11) is 1.60. The molecular formula is C33H37ClN8O4. The van der Waals surface area contributed by atoms with Gasteiger partial charge in [0.25, 0.3) is 5.56 Å². The van der Waals surface area contributed by atoms with Gasteiger partial charge in [-0.3, -0.25) is 18.5 Å². The number of para-hydroxylation sites is 1. The minimum atomic E-state index is -0.622. The highest BCUT2D eigenvalue weighted by Gasteiger charge is 2.29. The molecule has 3 aromatic heterocycles. The monoisotopic (exact) mass is 644 g/mol. The van der Waals surface area contributed by atoms with Gasteiger partial charge in [0.2, 0.25) is 5.95 Å². The summed E-state index contributed by atoms with van der Waals surface area (Å²) in [5.41, 5.74) is 1.16. The molecule has 1 aliphatic heterocycles. The van der Waals surface area contributed by atoms with E-state index in [1.54, 1.807) is 13.1 Å². The molecule has 0 radical (unpaired) electrons. The molecule has 0 spiro atoms. The fraction of sp³-hybridized carbons (Fsp3) is 0.394. The fourth-order valence-electron chi connectivity index (χ4n) is 5.95. The topological polar surface area (TPSA) is 129 Å². The molecule has 240 valence electrons. The van der Waals surface area contributed by atoms with E-state index in [0.29, 0.717) is 29.9 Å². The molecule has 1 unspecified atom stereocenters. The molecule has 1 fully saturated rings. The molecule has 5 aromatic rings. The van der Waals surface area contributed by atoms with Crippen LogP contribution >= 0.6 is 11.6 Å². The van der Waals surface area contributed by atoms with E-state index in [9.17, 15) is 14.4 Å². The summed E-state index contributed by atoms with van der Waals surface area (Å²) in [5.74, 6) is 0.868. The predicted molar refractivity (Wildman–Crippen MR) is 178 cm³/mol. The minimum Gasteiger partial charge on any atom is -0.444 e. The first-order valence-electron chi connectivity index (χ1n) is 15.3. The number of anilines is 1. The molecule has 1 saturated heterocycles. The van der Waals surface area contributed by atoms with E-state index in [1.807, 2.05) is 79.6 Å². The van der Waals surface area contributed by atoms with Crippen molar-refractivity contribution in [2.75, 3.05) is 18.0 Å². The number of alkyl carbamates (subject to hydrolysis) is 1. The van der Waals surface area contributed by atoms with E-state index in [0.717, 1.165) is 39.6 Å². The van der Waals surface area contributed by atoms with E-state index in [1.165, 1.54) is 4.57 Å². The third-order valence-electron chi connectivity index (χ3n) is 8.06. The second-order valence-electron chi connectivity index (χ2n) is 12.7. The van der Waals surface area contributed by atoms with Crippen LogP contribution in [0.25, 0.3) is 22.1 Å². The van der Waals surface area contributed by atoms with Crippen LogP contribution in [0.4, 0.5) is 10.7 Å². The number of rotatable bonds is 6. The first-order chi connectivity index (χ1) is 21.9. The van der Waals surface area contributed by atoms with Crippen molar-refractivity contribution >= 4 is 45.7 Å². The van der Waals surface area contributed by atoms with Crippen molar-refractivity contribution < 1.29 is 9.53 Å². The number of amides is 1. The standard InChI is InChI=1S/C33H37ClN8O4/c1-20-23-13-7-9-15-25(23)37-26(35-20)19-42-29(43)27-28(39(5)32(42)45)38-30(41(27)17-21-11-6-8-14-24(21)34)40-16-10-12-22(18-40)36-31(44)46-33(2,3)4/h6-9,11,13-15,22H,10,12,16-19H2,1-5H3,(H,36,44). The average Bonchev–Trinajstić information content (AvgIpc) is 3.38. The fourth-order valence-corrected chi connectivity index (χ4v) is 6.14. The number of aromatic nitrogens is 6. The first-order valence-corrected chi connectivity index (χ1v) is 15.7. The smallest absolute Gasteiger partial charge is 0.407 e. The Morgan fingerprint density at radius 1 is 1.02 bits per heavy atom. The van der Waals surface area contributed by atoms with Crippen LogP contribution in [0.15, 0.2) is 58.1 Å². The zero-order chi connectivity index (χ0) is 32.7. The van der Waals surface area contributed by atoms with Crippen LogP contribution < -0.4 is 21.5 Å². The molecule has 46 heavy (non-hydrogen) atoms. The molecule has 0 aliphatic carbocycles. The number of carbonyl (C=O) groups is 1. The van der Waals surface area contributed by atoms with Gasteiger partial charge in [-0.2, -0.15) is 4.98 Å². The Morgan fingerprint density at radius 2 is 1.76 bits per heavy atom. The lowest BCUT2D eigenvalue weighted by atomic mass is 10.1. The lowest BCUT2D eigenvalue weighted by Gasteiger charge is -2.34. The Bertz CT molecular complexity index is 2080. The molecule has 13 heteroatoms. The molecule has 1 N–H and O–H groups in total. The minimum absolute atomic E-state index is 0.106. The Labute approximate surface area is 270 Å². The van der Waals surface area contributed by atoms with Gasteiger partial charge in [0, 0.05) is 42.3 Å². The molecule has 1 aliphatic rings. The molecule has 12 nitrogen and oxygen atoms in total. The summed E-state index contributed by atoms with van der Waals surface area (Å²) >= 11 is 6.60. The third kappa shape index (κ3) is 6.21. The van der Waals surface area contributed by atoms with E-state index in [2.05, 4.69) is 15.3 Å². The second kappa shape index (κ2) is 12.2. The highest BCUT2D eigenvalue weighted by atomic mass is 35.5. The molecule has 0 bridgehead atoms. The molecule has 0 saturated carbocycles. The Morgan fingerprint density at radius 3 is 2.52 bits per heavy atom. The van der Waals surface area contributed by atoms with Gasteiger partial charge in [0.15, 0.2) is 11.2 Å². The Kier molecular flexibility index (Phi) is 8.32. The number of halogens is 1. The number of aryl methyl sites for hydroxylation is 2. The number of nitrogens with zero attached hydrogens (tertiary/aromatic N) is 7. The lowest BCUT2D eigenvalue weighted by Crippen LogP contribution is -2.49. The Hall–Kier alpha value is -4.71. The highest BCUT2D eigenvalue weighted by molar-refractivity contribution is 6.31. The molecule has 1 amide bonds. The van der Waals surface area contributed by atoms with E-state index >= 15 is 0 Å². The van der Waals surface area contributed by atoms with Gasteiger partial charge in [-0.05, 0) is 58.2 Å².